The highest BCUT2D eigenvalue weighted by Crippen LogP contribution is 2.38. The maximum Gasteiger partial charge on any atom is 0.314 e. The Balaban J connectivity index is 2.17. The molecule has 1 aliphatic carbocycles. The third kappa shape index (κ3) is 6.28. The predicted octanol–water partition coefficient (Wildman–Crippen LogP) is 2.63. The number of unbranched alkanes of at least 4 members (excludes halogenated alkanes) is 1. The number of nitrogens with one attached hydrogen (secondary N) is 2. The van der Waals surface area contributed by atoms with E-state index < -0.39 is 0 Å². The average Bonchev–Trinajstić information content (AvgIpc) is 2.36. The Hall–Kier alpha value is -0.770. The summed E-state index contributed by atoms with van der Waals surface area (Å²) in [4.78, 5) is 11.5. The lowest BCUT2D eigenvalue weighted by Gasteiger charge is -2.36. The SMILES string of the molecule is CCCCNC(=O)NCC(N)C1CCC(C)(C)CC1. The van der Waals surface area contributed by atoms with Crippen LogP contribution < -0.4 is 16.4 Å². The molecule has 1 saturated carbocycles. The molecule has 1 rings (SSSR count). The molecule has 0 heterocycles. The smallest absolute Gasteiger partial charge is 0.314 e. The summed E-state index contributed by atoms with van der Waals surface area (Å²) in [5, 5.41) is 5.73. The molecule has 0 aromatic carbocycles. The molecule has 0 aromatic heterocycles. The lowest BCUT2D eigenvalue weighted by atomic mass is 9.71. The number of amides is 2. The molecule has 0 bridgehead atoms. The van der Waals surface area contributed by atoms with Crippen LogP contribution in [0.15, 0.2) is 0 Å². The molecular weight excluding hydrogens is 238 g/mol. The first-order valence-electron chi connectivity index (χ1n) is 7.72. The van der Waals surface area contributed by atoms with Gasteiger partial charge in [0.25, 0.3) is 0 Å². The highest BCUT2D eigenvalue weighted by atomic mass is 16.2. The van der Waals surface area contributed by atoms with Crippen LogP contribution in [0.1, 0.15) is 59.3 Å². The van der Waals surface area contributed by atoms with E-state index in [1.165, 1.54) is 25.7 Å². The van der Waals surface area contributed by atoms with Gasteiger partial charge in [-0.25, -0.2) is 4.79 Å². The van der Waals surface area contributed by atoms with Gasteiger partial charge < -0.3 is 16.4 Å². The second-order valence-electron chi connectivity index (χ2n) is 6.66. The first-order chi connectivity index (χ1) is 8.94. The van der Waals surface area contributed by atoms with E-state index in [2.05, 4.69) is 31.4 Å². The molecule has 0 aromatic rings. The van der Waals surface area contributed by atoms with Crippen molar-refractivity contribution in [2.45, 2.75) is 65.3 Å². The van der Waals surface area contributed by atoms with Crippen molar-refractivity contribution in [1.82, 2.24) is 10.6 Å². The molecule has 2 amide bonds. The minimum absolute atomic E-state index is 0.0833. The topological polar surface area (TPSA) is 67.2 Å². The second kappa shape index (κ2) is 7.73. The average molecular weight is 269 g/mol. The number of carbonyl (C=O) groups is 1. The maximum atomic E-state index is 11.5. The zero-order valence-electron chi connectivity index (χ0n) is 12.8. The van der Waals surface area contributed by atoms with Crippen LogP contribution >= 0.6 is 0 Å². The van der Waals surface area contributed by atoms with Gasteiger partial charge in [-0.1, -0.05) is 27.2 Å². The van der Waals surface area contributed by atoms with Crippen molar-refractivity contribution in [3.05, 3.63) is 0 Å². The Morgan fingerprint density at radius 2 is 1.95 bits per heavy atom. The van der Waals surface area contributed by atoms with Crippen LogP contribution in [0, 0.1) is 11.3 Å². The largest absolute Gasteiger partial charge is 0.338 e. The molecule has 0 aliphatic heterocycles. The number of nitrogens with two attached hydrogens (primary N) is 1. The quantitative estimate of drug-likeness (QED) is 0.649. The van der Waals surface area contributed by atoms with Gasteiger partial charge in [-0.15, -0.1) is 0 Å². The van der Waals surface area contributed by atoms with Gasteiger partial charge in [0.2, 0.25) is 0 Å². The predicted molar refractivity (Wildman–Crippen MR) is 80.0 cm³/mol. The van der Waals surface area contributed by atoms with Gasteiger partial charge >= 0.3 is 6.03 Å². The van der Waals surface area contributed by atoms with Crippen molar-refractivity contribution in [3.63, 3.8) is 0 Å². The molecular formula is C15H31N3O. The molecule has 0 spiro atoms. The minimum Gasteiger partial charge on any atom is -0.338 e. The van der Waals surface area contributed by atoms with Gasteiger partial charge in [0.15, 0.2) is 0 Å². The molecule has 4 heteroatoms. The van der Waals surface area contributed by atoms with Gasteiger partial charge in [-0.3, -0.25) is 0 Å². The fourth-order valence-electron chi connectivity index (χ4n) is 2.67. The molecule has 1 fully saturated rings. The molecule has 0 saturated heterocycles. The van der Waals surface area contributed by atoms with E-state index >= 15 is 0 Å². The lowest BCUT2D eigenvalue weighted by Crippen LogP contribution is -2.46. The molecule has 4 nitrogen and oxygen atoms in total. The van der Waals surface area contributed by atoms with E-state index in [-0.39, 0.29) is 12.1 Å². The van der Waals surface area contributed by atoms with Crippen molar-refractivity contribution in [3.8, 4) is 0 Å². The molecule has 1 unspecified atom stereocenters. The fourth-order valence-corrected chi connectivity index (χ4v) is 2.67. The Labute approximate surface area is 117 Å². The zero-order valence-corrected chi connectivity index (χ0v) is 12.8. The van der Waals surface area contributed by atoms with Crippen molar-refractivity contribution in [1.29, 1.82) is 0 Å². The number of hydrogen-bond acceptors (Lipinski definition) is 2. The van der Waals surface area contributed by atoms with Crippen molar-refractivity contribution in [2.75, 3.05) is 13.1 Å². The first-order valence-corrected chi connectivity index (χ1v) is 7.72. The summed E-state index contributed by atoms with van der Waals surface area (Å²) >= 11 is 0. The molecule has 4 N–H and O–H groups in total. The van der Waals surface area contributed by atoms with Crippen molar-refractivity contribution in [2.24, 2.45) is 17.1 Å². The van der Waals surface area contributed by atoms with Crippen molar-refractivity contribution >= 4 is 6.03 Å². The third-order valence-electron chi connectivity index (χ3n) is 4.30. The Bertz CT molecular complexity index is 269. The van der Waals surface area contributed by atoms with Crippen LogP contribution in [0.5, 0.6) is 0 Å². The van der Waals surface area contributed by atoms with E-state index in [1.807, 2.05) is 0 Å². The Kier molecular flexibility index (Phi) is 6.63. The standard InChI is InChI=1S/C15H31N3O/c1-4-5-10-17-14(19)18-11-13(16)12-6-8-15(2,3)9-7-12/h12-13H,4-11,16H2,1-3H3,(H2,17,18,19). The van der Waals surface area contributed by atoms with E-state index in [4.69, 9.17) is 5.73 Å². The van der Waals surface area contributed by atoms with Crippen LogP contribution in [0.4, 0.5) is 4.79 Å². The third-order valence-corrected chi connectivity index (χ3v) is 4.30. The van der Waals surface area contributed by atoms with Gasteiger partial charge in [-0.2, -0.15) is 0 Å². The van der Waals surface area contributed by atoms with Gasteiger partial charge in [0.05, 0.1) is 0 Å². The summed E-state index contributed by atoms with van der Waals surface area (Å²) in [5.41, 5.74) is 6.67. The van der Waals surface area contributed by atoms with E-state index in [0.29, 0.717) is 17.9 Å². The molecule has 1 aliphatic rings. The van der Waals surface area contributed by atoms with E-state index in [9.17, 15) is 4.79 Å². The van der Waals surface area contributed by atoms with Crippen LogP contribution in [-0.2, 0) is 0 Å². The zero-order chi connectivity index (χ0) is 14.3. The minimum atomic E-state index is -0.0833. The van der Waals surface area contributed by atoms with Gasteiger partial charge in [0, 0.05) is 19.1 Å². The molecule has 19 heavy (non-hydrogen) atoms. The monoisotopic (exact) mass is 269 g/mol. The Morgan fingerprint density at radius 3 is 2.53 bits per heavy atom. The van der Waals surface area contributed by atoms with Crippen LogP contribution in [0.2, 0.25) is 0 Å². The van der Waals surface area contributed by atoms with Crippen LogP contribution in [0.3, 0.4) is 0 Å². The molecule has 1 atom stereocenters. The summed E-state index contributed by atoms with van der Waals surface area (Å²) in [6.07, 6.45) is 6.98. The van der Waals surface area contributed by atoms with Crippen molar-refractivity contribution < 1.29 is 4.79 Å². The molecule has 112 valence electrons. The summed E-state index contributed by atoms with van der Waals surface area (Å²) < 4.78 is 0. The van der Waals surface area contributed by atoms with Gasteiger partial charge in [-0.05, 0) is 43.4 Å². The number of carbonyl (C=O) groups excluding carboxylic acids is 1. The fraction of sp³-hybridized carbons (Fsp3) is 0.933. The van der Waals surface area contributed by atoms with Crippen LogP contribution in [0.25, 0.3) is 0 Å². The maximum absolute atomic E-state index is 11.5. The summed E-state index contributed by atoms with van der Waals surface area (Å²) in [7, 11) is 0. The first kappa shape index (κ1) is 16.3. The summed E-state index contributed by atoms with van der Waals surface area (Å²) in [5.74, 6) is 0.559. The second-order valence-corrected chi connectivity index (χ2v) is 6.66. The number of urea groups is 1. The summed E-state index contributed by atoms with van der Waals surface area (Å²) in [6, 6.07) is 0.00747. The highest BCUT2D eigenvalue weighted by molar-refractivity contribution is 5.73. The van der Waals surface area contributed by atoms with Crippen LogP contribution in [-0.4, -0.2) is 25.2 Å². The Morgan fingerprint density at radius 1 is 1.32 bits per heavy atom. The van der Waals surface area contributed by atoms with Gasteiger partial charge in [0.1, 0.15) is 0 Å². The van der Waals surface area contributed by atoms with E-state index in [1.54, 1.807) is 0 Å². The number of hydrogen-bond donors (Lipinski definition) is 3. The summed E-state index contributed by atoms with van der Waals surface area (Å²) in [6.45, 7) is 8.10. The highest BCUT2D eigenvalue weighted by Gasteiger charge is 2.29. The number of rotatable bonds is 6. The normalized spacial score (nSPS) is 20.8. The lowest BCUT2D eigenvalue weighted by molar-refractivity contribution is 0.171. The van der Waals surface area contributed by atoms with E-state index in [0.717, 1.165) is 19.4 Å². The molecule has 0 radical (unpaired) electrons.